The van der Waals surface area contributed by atoms with Gasteiger partial charge in [0.2, 0.25) is 0 Å². The number of benzene rings is 1. The summed E-state index contributed by atoms with van der Waals surface area (Å²) in [6.07, 6.45) is 1.000. The zero-order valence-electron chi connectivity index (χ0n) is 21.3. The lowest BCUT2D eigenvalue weighted by Crippen LogP contribution is -2.12. The van der Waals surface area contributed by atoms with Gasteiger partial charge in [0.25, 0.3) is 0 Å². The minimum atomic E-state index is -0.660. The van der Waals surface area contributed by atoms with Crippen LogP contribution in [0.25, 0.3) is 17.4 Å². The largest absolute Gasteiger partial charge is 0.465 e. The normalized spacial score (nSPS) is 11.0. The number of carbonyl (C=O) groups is 4. The van der Waals surface area contributed by atoms with Gasteiger partial charge in [0.15, 0.2) is 5.78 Å². The number of thiophene rings is 1. The van der Waals surface area contributed by atoms with E-state index in [1.165, 1.54) is 13.2 Å². The molecular formula is C28H25NO8S. The van der Waals surface area contributed by atoms with Crippen molar-refractivity contribution < 1.29 is 37.8 Å². The third-order valence-corrected chi connectivity index (χ3v) is 6.66. The molecule has 0 amide bonds. The molecule has 38 heavy (non-hydrogen) atoms. The topological polar surface area (TPSA) is 133 Å². The van der Waals surface area contributed by atoms with Crippen LogP contribution in [0.3, 0.4) is 0 Å². The van der Waals surface area contributed by atoms with Crippen molar-refractivity contribution in [3.8, 4) is 17.4 Å². The molecule has 0 N–H and O–H groups in total. The van der Waals surface area contributed by atoms with Crippen LogP contribution in [0, 0.1) is 18.3 Å². The van der Waals surface area contributed by atoms with Crippen LogP contribution in [0.5, 0.6) is 0 Å². The van der Waals surface area contributed by atoms with Crippen molar-refractivity contribution in [1.82, 2.24) is 0 Å². The Labute approximate surface area is 223 Å². The van der Waals surface area contributed by atoms with Crippen LogP contribution in [-0.2, 0) is 25.4 Å². The van der Waals surface area contributed by atoms with Gasteiger partial charge < -0.3 is 18.6 Å². The lowest BCUT2D eigenvalue weighted by Gasteiger charge is -2.05. The molecule has 2 aromatic heterocycles. The van der Waals surface area contributed by atoms with Crippen LogP contribution in [0.2, 0.25) is 0 Å². The number of Topliss-reactive ketones (excluding diaryl/α,β-unsaturated/α-hetero) is 1. The van der Waals surface area contributed by atoms with Gasteiger partial charge in [0.05, 0.1) is 37.0 Å². The Bertz CT molecular complexity index is 1450. The van der Waals surface area contributed by atoms with E-state index in [2.05, 4.69) is 0 Å². The highest BCUT2D eigenvalue weighted by molar-refractivity contribution is 7.14. The molecule has 0 saturated heterocycles. The molecule has 10 heteroatoms. The average Bonchev–Trinajstić information content (AvgIpc) is 3.51. The van der Waals surface area contributed by atoms with Gasteiger partial charge in [-0.1, -0.05) is 12.1 Å². The maximum Gasteiger partial charge on any atom is 0.348 e. The molecule has 0 aliphatic rings. The van der Waals surface area contributed by atoms with Gasteiger partial charge >= 0.3 is 17.9 Å². The fourth-order valence-corrected chi connectivity index (χ4v) is 4.81. The molecule has 0 saturated carbocycles. The lowest BCUT2D eigenvalue weighted by molar-refractivity contribution is -0.114. The van der Waals surface area contributed by atoms with E-state index in [1.807, 2.05) is 6.07 Å². The van der Waals surface area contributed by atoms with E-state index in [0.717, 1.165) is 11.3 Å². The van der Waals surface area contributed by atoms with Crippen molar-refractivity contribution in [2.75, 3.05) is 20.3 Å². The van der Waals surface area contributed by atoms with Gasteiger partial charge in [-0.2, -0.15) is 5.26 Å². The minimum Gasteiger partial charge on any atom is -0.465 e. The monoisotopic (exact) mass is 535 g/mol. The van der Waals surface area contributed by atoms with Crippen LogP contribution in [0.4, 0.5) is 0 Å². The van der Waals surface area contributed by atoms with Crippen molar-refractivity contribution in [2.24, 2.45) is 0 Å². The van der Waals surface area contributed by atoms with Gasteiger partial charge in [-0.15, -0.1) is 11.3 Å². The standard InChI is InChI=1S/C28H25NO8S/c1-5-35-27(32)24-16(3)25(28(33)36-6-2)38-23(24)14-21(30)19(15-29)13-20-10-11-22(37-20)17-8-7-9-18(12-17)26(31)34-4/h7-13H,5-6,14H2,1-4H3. The average molecular weight is 536 g/mol. The fourth-order valence-electron chi connectivity index (χ4n) is 3.62. The highest BCUT2D eigenvalue weighted by Gasteiger charge is 2.28. The summed E-state index contributed by atoms with van der Waals surface area (Å²) < 4.78 is 20.7. The first-order chi connectivity index (χ1) is 18.2. The Balaban J connectivity index is 1.90. The highest BCUT2D eigenvalue weighted by atomic mass is 32.1. The number of allylic oxidation sites excluding steroid dienone is 1. The molecule has 0 aliphatic carbocycles. The molecule has 3 rings (SSSR count). The fraction of sp³-hybridized carbons (Fsp3) is 0.250. The number of ether oxygens (including phenoxy) is 3. The van der Waals surface area contributed by atoms with Crippen LogP contribution in [-0.4, -0.2) is 44.0 Å². The maximum atomic E-state index is 13.1. The first-order valence-corrected chi connectivity index (χ1v) is 12.5. The number of hydrogen-bond acceptors (Lipinski definition) is 10. The Morgan fingerprint density at radius 3 is 2.39 bits per heavy atom. The number of furan rings is 1. The predicted molar refractivity (Wildman–Crippen MR) is 139 cm³/mol. The van der Waals surface area contributed by atoms with Crippen molar-refractivity contribution in [3.05, 3.63) is 74.2 Å². The van der Waals surface area contributed by atoms with E-state index in [4.69, 9.17) is 18.6 Å². The van der Waals surface area contributed by atoms with Crippen molar-refractivity contribution >= 4 is 41.1 Å². The summed E-state index contributed by atoms with van der Waals surface area (Å²) >= 11 is 0.964. The summed E-state index contributed by atoms with van der Waals surface area (Å²) in [5.74, 6) is -1.66. The number of esters is 3. The molecule has 3 aromatic rings. The number of rotatable bonds is 10. The molecule has 0 atom stereocenters. The van der Waals surface area contributed by atoms with Crippen molar-refractivity contribution in [1.29, 1.82) is 5.26 Å². The second kappa shape index (κ2) is 12.7. The molecular weight excluding hydrogens is 510 g/mol. The number of hydrogen-bond donors (Lipinski definition) is 0. The molecule has 0 unspecified atom stereocenters. The summed E-state index contributed by atoms with van der Waals surface area (Å²) in [5, 5.41) is 9.67. The van der Waals surface area contributed by atoms with Crippen LogP contribution in [0.15, 0.2) is 46.4 Å². The first-order valence-electron chi connectivity index (χ1n) is 11.6. The third-order valence-electron chi connectivity index (χ3n) is 5.38. The smallest absolute Gasteiger partial charge is 0.348 e. The Morgan fingerprint density at radius 2 is 1.74 bits per heavy atom. The zero-order valence-corrected chi connectivity index (χ0v) is 22.1. The van der Waals surface area contributed by atoms with E-state index in [9.17, 15) is 24.4 Å². The highest BCUT2D eigenvalue weighted by Crippen LogP contribution is 2.31. The van der Waals surface area contributed by atoms with Crippen LogP contribution in [0.1, 0.15) is 60.4 Å². The number of carbonyl (C=O) groups excluding carboxylic acids is 4. The lowest BCUT2D eigenvalue weighted by atomic mass is 10.0. The van der Waals surface area contributed by atoms with Gasteiger partial charge in [-0.25, -0.2) is 14.4 Å². The second-order valence-electron chi connectivity index (χ2n) is 7.84. The molecule has 196 valence electrons. The summed E-state index contributed by atoms with van der Waals surface area (Å²) in [5.41, 5.74) is 1.24. The van der Waals surface area contributed by atoms with Gasteiger partial charge in [0, 0.05) is 22.9 Å². The maximum absolute atomic E-state index is 13.1. The summed E-state index contributed by atoms with van der Waals surface area (Å²) in [7, 11) is 1.29. The molecule has 9 nitrogen and oxygen atoms in total. The van der Waals surface area contributed by atoms with E-state index in [0.29, 0.717) is 27.3 Å². The number of nitriles is 1. The van der Waals surface area contributed by atoms with E-state index >= 15 is 0 Å². The molecule has 0 aliphatic heterocycles. The Kier molecular flexibility index (Phi) is 9.35. The number of ketones is 1. The first kappa shape index (κ1) is 28.1. The summed E-state index contributed by atoms with van der Waals surface area (Å²) in [4.78, 5) is 50.4. The van der Waals surface area contributed by atoms with E-state index in [1.54, 1.807) is 57.2 Å². The van der Waals surface area contributed by atoms with Gasteiger partial charge in [-0.05, 0) is 50.6 Å². The molecule has 0 bridgehead atoms. The molecule has 1 aromatic carbocycles. The Hall–Kier alpha value is -4.49. The summed E-state index contributed by atoms with van der Waals surface area (Å²) in [6, 6.07) is 11.7. The van der Waals surface area contributed by atoms with Gasteiger partial charge in [0.1, 0.15) is 22.5 Å². The van der Waals surface area contributed by atoms with Crippen LogP contribution < -0.4 is 0 Å². The second-order valence-corrected chi connectivity index (χ2v) is 8.94. The third kappa shape index (κ3) is 6.25. The van der Waals surface area contributed by atoms with Crippen LogP contribution >= 0.6 is 11.3 Å². The van der Waals surface area contributed by atoms with E-state index < -0.39 is 23.7 Å². The van der Waals surface area contributed by atoms with Crippen molar-refractivity contribution in [2.45, 2.75) is 27.2 Å². The molecule has 2 heterocycles. The molecule has 0 spiro atoms. The quantitative estimate of drug-likeness (QED) is 0.149. The molecule has 0 radical (unpaired) electrons. The predicted octanol–water partition coefficient (Wildman–Crippen LogP) is 5.18. The van der Waals surface area contributed by atoms with Crippen molar-refractivity contribution in [3.63, 3.8) is 0 Å². The number of methoxy groups -OCH3 is 1. The zero-order chi connectivity index (χ0) is 27.8. The van der Waals surface area contributed by atoms with Gasteiger partial charge in [-0.3, -0.25) is 4.79 Å². The number of nitrogens with zero attached hydrogens (tertiary/aromatic N) is 1. The minimum absolute atomic E-state index is 0.114. The van der Waals surface area contributed by atoms with E-state index in [-0.39, 0.29) is 41.4 Å². The molecule has 0 fully saturated rings. The summed E-state index contributed by atoms with van der Waals surface area (Å²) in [6.45, 7) is 5.17. The SMILES string of the molecule is CCOC(=O)c1sc(CC(=O)C(C#N)=Cc2ccc(-c3cccc(C(=O)OC)c3)o2)c(C(=O)OCC)c1C. The Morgan fingerprint density at radius 1 is 1.03 bits per heavy atom.